The summed E-state index contributed by atoms with van der Waals surface area (Å²) >= 11 is 1.23. The molecule has 2 aliphatic heterocycles. The van der Waals surface area contributed by atoms with Crippen LogP contribution in [0, 0.1) is 0 Å². The molecule has 0 aliphatic carbocycles. The van der Waals surface area contributed by atoms with Gasteiger partial charge in [0.15, 0.2) is 15.0 Å². The quantitative estimate of drug-likeness (QED) is 0.307. The van der Waals surface area contributed by atoms with Crippen molar-refractivity contribution in [3.63, 3.8) is 0 Å². The second-order valence-electron chi connectivity index (χ2n) is 10.3. The number of rotatable bonds is 7. The van der Waals surface area contributed by atoms with Gasteiger partial charge in [0, 0.05) is 31.5 Å². The number of carbonyl (C=O) groups excluding carboxylic acids is 1. The smallest absolute Gasteiger partial charge is 0.260 e. The van der Waals surface area contributed by atoms with Crippen LogP contribution in [0.5, 0.6) is 0 Å². The summed E-state index contributed by atoms with van der Waals surface area (Å²) in [4.78, 5) is 20.3. The van der Waals surface area contributed by atoms with E-state index in [0.717, 1.165) is 30.2 Å². The third-order valence-corrected chi connectivity index (χ3v) is 11.5. The Morgan fingerprint density at radius 3 is 2.46 bits per heavy atom. The van der Waals surface area contributed by atoms with Gasteiger partial charge in [-0.3, -0.25) is 9.69 Å². The van der Waals surface area contributed by atoms with Crippen molar-refractivity contribution < 1.29 is 26.4 Å². The molecular formula is C29H29N3O6S3. The highest BCUT2D eigenvalue weighted by molar-refractivity contribution is 7.90. The van der Waals surface area contributed by atoms with E-state index >= 15 is 0 Å². The second-order valence-corrected chi connectivity index (χ2v) is 15.3. The first-order chi connectivity index (χ1) is 19.6. The summed E-state index contributed by atoms with van der Waals surface area (Å²) in [6, 6.07) is 18.6. The largest absolute Gasteiger partial charge is 0.376 e. The van der Waals surface area contributed by atoms with Crippen LogP contribution in [0.1, 0.15) is 34.3 Å². The highest BCUT2D eigenvalue weighted by atomic mass is 32.2. The molecule has 0 radical (unpaired) electrons. The van der Waals surface area contributed by atoms with Gasteiger partial charge >= 0.3 is 0 Å². The second kappa shape index (κ2) is 10.9. The van der Waals surface area contributed by atoms with Crippen molar-refractivity contribution in [1.29, 1.82) is 0 Å². The van der Waals surface area contributed by atoms with Gasteiger partial charge in [-0.05, 0) is 72.9 Å². The molecule has 1 unspecified atom stereocenters. The highest BCUT2D eigenvalue weighted by Crippen LogP contribution is 2.33. The van der Waals surface area contributed by atoms with Crippen LogP contribution in [0.25, 0.3) is 10.2 Å². The zero-order valence-electron chi connectivity index (χ0n) is 22.4. The van der Waals surface area contributed by atoms with Crippen LogP contribution in [-0.4, -0.2) is 64.1 Å². The first-order valence-corrected chi connectivity index (χ1v) is 17.5. The summed E-state index contributed by atoms with van der Waals surface area (Å²) in [5, 5.41) is 0.426. The van der Waals surface area contributed by atoms with Gasteiger partial charge in [0.2, 0.25) is 10.0 Å². The lowest BCUT2D eigenvalue weighted by Gasteiger charge is -2.28. The molecule has 214 valence electrons. The van der Waals surface area contributed by atoms with Gasteiger partial charge in [-0.15, -0.1) is 0 Å². The van der Waals surface area contributed by atoms with Crippen molar-refractivity contribution in [1.82, 2.24) is 9.29 Å². The number of fused-ring (bicyclic) bond motifs is 2. The number of sulfonamides is 1. The van der Waals surface area contributed by atoms with Crippen LogP contribution in [0.3, 0.4) is 0 Å². The van der Waals surface area contributed by atoms with E-state index < -0.39 is 19.9 Å². The van der Waals surface area contributed by atoms with Crippen molar-refractivity contribution in [3.8, 4) is 0 Å². The van der Waals surface area contributed by atoms with E-state index in [1.165, 1.54) is 46.0 Å². The molecule has 41 heavy (non-hydrogen) atoms. The normalized spacial score (nSPS) is 17.9. The summed E-state index contributed by atoms with van der Waals surface area (Å²) in [6.07, 6.45) is 3.36. The Bertz CT molecular complexity index is 1830. The molecule has 12 heteroatoms. The first kappa shape index (κ1) is 28.0. The first-order valence-electron chi connectivity index (χ1n) is 13.3. The third-order valence-electron chi connectivity index (χ3n) is 7.50. The summed E-state index contributed by atoms with van der Waals surface area (Å²) < 4.78 is 58.9. The summed E-state index contributed by atoms with van der Waals surface area (Å²) in [7, 11) is -7.14. The number of ether oxygens (including phenoxy) is 1. The van der Waals surface area contributed by atoms with Crippen molar-refractivity contribution in [2.75, 3.05) is 30.9 Å². The lowest BCUT2D eigenvalue weighted by atomic mass is 10.0. The van der Waals surface area contributed by atoms with Gasteiger partial charge in [0.05, 0.1) is 32.7 Å². The molecule has 2 aliphatic rings. The molecule has 4 aromatic rings. The van der Waals surface area contributed by atoms with E-state index in [-0.39, 0.29) is 28.3 Å². The van der Waals surface area contributed by atoms with E-state index in [9.17, 15) is 21.6 Å². The van der Waals surface area contributed by atoms with E-state index in [0.29, 0.717) is 47.0 Å². The lowest BCUT2D eigenvalue weighted by molar-refractivity contribution is 0.0917. The van der Waals surface area contributed by atoms with Crippen LogP contribution >= 0.6 is 11.3 Å². The predicted molar refractivity (Wildman–Crippen MR) is 158 cm³/mol. The van der Waals surface area contributed by atoms with Gasteiger partial charge in [0.25, 0.3) is 5.91 Å². The fraction of sp³-hybridized carbons (Fsp3) is 0.310. The number of anilines is 1. The molecule has 6 rings (SSSR count). The molecule has 1 fully saturated rings. The fourth-order valence-electron chi connectivity index (χ4n) is 5.23. The highest BCUT2D eigenvalue weighted by Gasteiger charge is 2.30. The van der Waals surface area contributed by atoms with Crippen molar-refractivity contribution in [2.24, 2.45) is 0 Å². The Balaban J connectivity index is 1.28. The standard InChI is InChI=1S/C29H29N3O6S3/c1-40(34,35)25-12-13-26-27(17-25)39-29(30-26)32(19-23-7-4-16-38-23)28(33)21-8-10-24(11-9-21)41(36,37)31-15-14-20-5-2-3-6-22(20)18-31/h2-3,5-6,8-13,17,23H,4,7,14-16,18-19H2,1H3. The molecule has 0 spiro atoms. The number of aromatic nitrogens is 1. The van der Waals surface area contributed by atoms with E-state index in [4.69, 9.17) is 4.74 Å². The molecule has 1 atom stereocenters. The number of benzene rings is 3. The summed E-state index contributed by atoms with van der Waals surface area (Å²) in [5.74, 6) is -0.334. The maximum absolute atomic E-state index is 13.8. The lowest BCUT2D eigenvalue weighted by Crippen LogP contribution is -2.37. The Morgan fingerprint density at radius 1 is 1.02 bits per heavy atom. The maximum atomic E-state index is 13.8. The van der Waals surface area contributed by atoms with Gasteiger partial charge in [0.1, 0.15) is 0 Å². The number of nitrogens with zero attached hydrogens (tertiary/aromatic N) is 3. The van der Waals surface area contributed by atoms with Gasteiger partial charge in [-0.25, -0.2) is 21.8 Å². The number of amides is 1. The Kier molecular flexibility index (Phi) is 7.45. The van der Waals surface area contributed by atoms with E-state index in [1.807, 2.05) is 24.3 Å². The van der Waals surface area contributed by atoms with Crippen molar-refractivity contribution in [2.45, 2.75) is 41.7 Å². The molecule has 9 nitrogen and oxygen atoms in total. The Hall–Kier alpha value is -3.16. The summed E-state index contributed by atoms with van der Waals surface area (Å²) in [6.45, 7) is 1.61. The minimum absolute atomic E-state index is 0.132. The molecular weight excluding hydrogens is 583 g/mol. The van der Waals surface area contributed by atoms with Crippen LogP contribution in [0.4, 0.5) is 5.13 Å². The Labute approximate surface area is 243 Å². The Morgan fingerprint density at radius 2 is 1.76 bits per heavy atom. The fourth-order valence-corrected chi connectivity index (χ4v) is 8.38. The average Bonchev–Trinajstić information content (AvgIpc) is 3.64. The maximum Gasteiger partial charge on any atom is 0.260 e. The monoisotopic (exact) mass is 611 g/mol. The van der Waals surface area contributed by atoms with Gasteiger partial charge < -0.3 is 4.74 Å². The zero-order valence-corrected chi connectivity index (χ0v) is 24.8. The minimum Gasteiger partial charge on any atom is -0.376 e. The van der Waals surface area contributed by atoms with Crippen LogP contribution in [0.2, 0.25) is 0 Å². The molecule has 1 aromatic heterocycles. The molecule has 0 bridgehead atoms. The molecule has 3 aromatic carbocycles. The zero-order chi connectivity index (χ0) is 28.8. The number of sulfone groups is 1. The molecule has 1 amide bonds. The third kappa shape index (κ3) is 5.67. The number of hydrogen-bond donors (Lipinski definition) is 0. The van der Waals surface area contributed by atoms with Crippen LogP contribution in [-0.2, 0) is 37.6 Å². The van der Waals surface area contributed by atoms with Crippen LogP contribution in [0.15, 0.2) is 76.5 Å². The van der Waals surface area contributed by atoms with E-state index in [2.05, 4.69) is 4.98 Å². The van der Waals surface area contributed by atoms with Gasteiger partial charge in [-0.1, -0.05) is 35.6 Å². The van der Waals surface area contributed by atoms with Crippen molar-refractivity contribution >= 4 is 52.5 Å². The number of carbonyl (C=O) groups is 1. The molecule has 0 N–H and O–H groups in total. The topological polar surface area (TPSA) is 114 Å². The average molecular weight is 612 g/mol. The number of thiazole rings is 1. The molecule has 3 heterocycles. The summed E-state index contributed by atoms with van der Waals surface area (Å²) in [5.41, 5.74) is 3.07. The van der Waals surface area contributed by atoms with Gasteiger partial charge in [-0.2, -0.15) is 4.31 Å². The van der Waals surface area contributed by atoms with Crippen molar-refractivity contribution in [3.05, 3.63) is 83.4 Å². The number of hydrogen-bond acceptors (Lipinski definition) is 8. The predicted octanol–water partition coefficient (Wildman–Crippen LogP) is 4.27. The van der Waals surface area contributed by atoms with Crippen LogP contribution < -0.4 is 4.90 Å². The molecule has 0 saturated carbocycles. The van der Waals surface area contributed by atoms with E-state index in [1.54, 1.807) is 17.0 Å². The SMILES string of the molecule is CS(=O)(=O)c1ccc2nc(N(CC3CCCO3)C(=O)c3ccc(S(=O)(=O)N4CCc5ccccc5C4)cc3)sc2c1. The minimum atomic E-state index is -3.74. The molecule has 1 saturated heterocycles.